The summed E-state index contributed by atoms with van der Waals surface area (Å²) in [4.78, 5) is 0. The summed E-state index contributed by atoms with van der Waals surface area (Å²) in [5.41, 5.74) is 0. The Bertz CT molecular complexity index is 193. The summed E-state index contributed by atoms with van der Waals surface area (Å²) < 4.78 is 5.61. The van der Waals surface area contributed by atoms with Gasteiger partial charge in [-0.15, -0.1) is 6.58 Å². The Kier molecular flexibility index (Phi) is 6.74. The van der Waals surface area contributed by atoms with Crippen LogP contribution in [0.1, 0.15) is 51.9 Å². The minimum Gasteiger partial charge on any atom is -0.380 e. The first-order valence-corrected chi connectivity index (χ1v) is 6.67. The van der Waals surface area contributed by atoms with E-state index in [1.54, 1.807) is 0 Å². The number of ether oxygens (including phenoxy) is 1. The van der Waals surface area contributed by atoms with Gasteiger partial charge in [-0.05, 0) is 32.6 Å². The molecule has 3 atom stereocenters. The number of nitrogens with one attached hydrogen (secondary N) is 1. The topological polar surface area (TPSA) is 21.3 Å². The maximum atomic E-state index is 5.61. The minimum atomic E-state index is 0.411. The van der Waals surface area contributed by atoms with E-state index in [-0.39, 0.29) is 0 Å². The van der Waals surface area contributed by atoms with Crippen molar-refractivity contribution < 1.29 is 4.74 Å². The minimum absolute atomic E-state index is 0.411. The number of hydrogen-bond acceptors (Lipinski definition) is 2. The second-order valence-electron chi connectivity index (χ2n) is 4.95. The molecule has 0 aromatic heterocycles. The quantitative estimate of drug-likeness (QED) is 0.553. The molecule has 1 fully saturated rings. The average molecular weight is 225 g/mol. The molecular weight excluding hydrogens is 198 g/mol. The second-order valence-corrected chi connectivity index (χ2v) is 4.95. The highest BCUT2D eigenvalue weighted by Gasteiger charge is 2.24. The summed E-state index contributed by atoms with van der Waals surface area (Å²) in [6, 6.07) is 1.12. The van der Waals surface area contributed by atoms with Gasteiger partial charge in [-0.2, -0.15) is 0 Å². The highest BCUT2D eigenvalue weighted by molar-refractivity contribution is 4.83. The third-order valence-electron chi connectivity index (χ3n) is 3.56. The third kappa shape index (κ3) is 4.67. The maximum Gasteiger partial charge on any atom is 0.0724 e. The van der Waals surface area contributed by atoms with E-state index >= 15 is 0 Å². The Labute approximate surface area is 100 Å². The zero-order chi connectivity index (χ0) is 11.8. The van der Waals surface area contributed by atoms with E-state index in [1.807, 2.05) is 13.2 Å². The molecule has 2 nitrogen and oxygen atoms in total. The van der Waals surface area contributed by atoms with E-state index in [2.05, 4.69) is 18.8 Å². The van der Waals surface area contributed by atoms with Crippen molar-refractivity contribution in [3.8, 4) is 0 Å². The summed E-state index contributed by atoms with van der Waals surface area (Å²) in [5, 5.41) is 3.72. The lowest BCUT2D eigenvalue weighted by Crippen LogP contribution is -2.44. The zero-order valence-electron chi connectivity index (χ0n) is 10.9. The van der Waals surface area contributed by atoms with Crippen LogP contribution in [0.3, 0.4) is 0 Å². The molecular formula is C14H27NO. The molecule has 0 heterocycles. The van der Waals surface area contributed by atoms with Gasteiger partial charge in [0.1, 0.15) is 0 Å². The van der Waals surface area contributed by atoms with E-state index < -0.39 is 0 Å². The number of hydrogen-bond donors (Lipinski definition) is 1. The van der Waals surface area contributed by atoms with Crippen molar-refractivity contribution in [2.24, 2.45) is 0 Å². The van der Waals surface area contributed by atoms with Crippen molar-refractivity contribution in [1.82, 2.24) is 5.32 Å². The van der Waals surface area contributed by atoms with Crippen molar-refractivity contribution in [3.63, 3.8) is 0 Å². The van der Waals surface area contributed by atoms with Crippen LogP contribution in [0.15, 0.2) is 12.7 Å². The molecule has 94 valence electrons. The van der Waals surface area contributed by atoms with Gasteiger partial charge in [0.2, 0.25) is 0 Å². The molecule has 16 heavy (non-hydrogen) atoms. The first kappa shape index (κ1) is 13.7. The van der Waals surface area contributed by atoms with Crippen molar-refractivity contribution in [1.29, 1.82) is 0 Å². The normalized spacial score (nSPS) is 28.4. The summed E-state index contributed by atoms with van der Waals surface area (Å²) in [6.45, 7) is 6.04. The molecule has 1 rings (SSSR count). The van der Waals surface area contributed by atoms with Crippen LogP contribution in [0.4, 0.5) is 0 Å². The molecule has 0 aromatic carbocycles. The Balaban J connectivity index is 2.38. The van der Waals surface area contributed by atoms with E-state index in [0.717, 1.165) is 6.42 Å². The van der Waals surface area contributed by atoms with Gasteiger partial charge in [0.25, 0.3) is 0 Å². The fourth-order valence-electron chi connectivity index (χ4n) is 2.56. The molecule has 0 bridgehead atoms. The zero-order valence-corrected chi connectivity index (χ0v) is 10.9. The summed E-state index contributed by atoms with van der Waals surface area (Å²) >= 11 is 0. The summed E-state index contributed by atoms with van der Waals surface area (Å²) in [7, 11) is 1.85. The fraction of sp³-hybridized carbons (Fsp3) is 0.857. The lowest BCUT2D eigenvalue weighted by molar-refractivity contribution is 0.0594. The number of methoxy groups -OCH3 is 1. The maximum absolute atomic E-state index is 5.61. The molecule has 1 N–H and O–H groups in total. The molecule has 0 amide bonds. The van der Waals surface area contributed by atoms with Crippen molar-refractivity contribution >= 4 is 0 Å². The van der Waals surface area contributed by atoms with Crippen LogP contribution >= 0.6 is 0 Å². The Morgan fingerprint density at radius 3 is 2.81 bits per heavy atom. The standard InChI is InChI=1S/C14H27NO/c1-4-5-9-12(2)15-13-10-7-6-8-11-14(13)16-3/h4,12-15H,1,5-11H2,2-3H3. The molecule has 0 spiro atoms. The summed E-state index contributed by atoms with van der Waals surface area (Å²) in [5.74, 6) is 0. The molecule has 2 heteroatoms. The predicted molar refractivity (Wildman–Crippen MR) is 69.7 cm³/mol. The lowest BCUT2D eigenvalue weighted by Gasteiger charge is -2.28. The van der Waals surface area contributed by atoms with E-state index in [9.17, 15) is 0 Å². The van der Waals surface area contributed by atoms with Crippen LogP contribution in [0.2, 0.25) is 0 Å². The van der Waals surface area contributed by atoms with Crippen LogP contribution in [-0.2, 0) is 4.74 Å². The molecule has 0 aliphatic heterocycles. The molecule has 1 aliphatic carbocycles. The lowest BCUT2D eigenvalue weighted by atomic mass is 10.0. The Morgan fingerprint density at radius 2 is 2.12 bits per heavy atom. The Hall–Kier alpha value is -0.340. The van der Waals surface area contributed by atoms with Gasteiger partial charge in [0.15, 0.2) is 0 Å². The van der Waals surface area contributed by atoms with E-state index in [1.165, 1.54) is 38.5 Å². The van der Waals surface area contributed by atoms with Gasteiger partial charge in [-0.3, -0.25) is 0 Å². The van der Waals surface area contributed by atoms with E-state index in [0.29, 0.717) is 18.2 Å². The first-order valence-electron chi connectivity index (χ1n) is 6.67. The van der Waals surface area contributed by atoms with Crippen molar-refractivity contribution in [2.75, 3.05) is 7.11 Å². The first-order chi connectivity index (χ1) is 7.77. The van der Waals surface area contributed by atoms with Gasteiger partial charge in [-0.1, -0.05) is 25.3 Å². The van der Waals surface area contributed by atoms with Gasteiger partial charge < -0.3 is 10.1 Å². The van der Waals surface area contributed by atoms with Gasteiger partial charge in [0, 0.05) is 19.2 Å². The van der Waals surface area contributed by atoms with Crippen LogP contribution in [0.5, 0.6) is 0 Å². The smallest absolute Gasteiger partial charge is 0.0724 e. The SMILES string of the molecule is C=CCCC(C)NC1CCCCCC1OC. The van der Waals surface area contributed by atoms with Gasteiger partial charge >= 0.3 is 0 Å². The average Bonchev–Trinajstić information content (AvgIpc) is 2.51. The number of rotatable bonds is 6. The number of allylic oxidation sites excluding steroid dienone is 1. The fourth-order valence-corrected chi connectivity index (χ4v) is 2.56. The second kappa shape index (κ2) is 7.86. The summed E-state index contributed by atoms with van der Waals surface area (Å²) in [6.07, 6.45) is 11.2. The Morgan fingerprint density at radius 1 is 1.38 bits per heavy atom. The van der Waals surface area contributed by atoms with Crippen LogP contribution in [0.25, 0.3) is 0 Å². The largest absolute Gasteiger partial charge is 0.380 e. The third-order valence-corrected chi connectivity index (χ3v) is 3.56. The van der Waals surface area contributed by atoms with Crippen LogP contribution in [-0.4, -0.2) is 25.3 Å². The monoisotopic (exact) mass is 225 g/mol. The molecule has 1 saturated carbocycles. The van der Waals surface area contributed by atoms with Crippen molar-refractivity contribution in [3.05, 3.63) is 12.7 Å². The highest BCUT2D eigenvalue weighted by atomic mass is 16.5. The predicted octanol–water partition coefficient (Wildman–Crippen LogP) is 3.28. The van der Waals surface area contributed by atoms with E-state index in [4.69, 9.17) is 4.74 Å². The molecule has 1 aliphatic rings. The molecule has 0 saturated heterocycles. The molecule has 3 unspecified atom stereocenters. The van der Waals surface area contributed by atoms with Gasteiger partial charge in [-0.25, -0.2) is 0 Å². The van der Waals surface area contributed by atoms with Crippen LogP contribution < -0.4 is 5.32 Å². The van der Waals surface area contributed by atoms with Crippen molar-refractivity contribution in [2.45, 2.75) is 70.1 Å². The molecule has 0 aromatic rings. The highest BCUT2D eigenvalue weighted by Crippen LogP contribution is 2.21. The van der Waals surface area contributed by atoms with Crippen LogP contribution in [0, 0.1) is 0 Å². The molecule has 0 radical (unpaired) electrons. The van der Waals surface area contributed by atoms with Gasteiger partial charge in [0.05, 0.1) is 6.10 Å².